The Kier molecular flexibility index (Phi) is 4.82. The smallest absolute Gasteiger partial charge is 0.224 e. The molecule has 0 aliphatic rings. The number of anilines is 1. The molecule has 1 unspecified atom stereocenters. The molecule has 1 rings (SSSR count). The van der Waals surface area contributed by atoms with E-state index >= 15 is 0 Å². The average molecular weight is 228 g/mol. The zero-order valence-electron chi connectivity index (χ0n) is 9.55. The summed E-state index contributed by atoms with van der Waals surface area (Å²) in [4.78, 5) is 8.12. The SMILES string of the molecule is CCCC(CC)Nc1nc(Cl)ncc1C. The molecule has 0 saturated heterocycles. The molecular weight excluding hydrogens is 210 g/mol. The maximum atomic E-state index is 5.76. The summed E-state index contributed by atoms with van der Waals surface area (Å²) in [6, 6.07) is 0.472. The molecule has 0 fully saturated rings. The Labute approximate surface area is 96.3 Å². The Morgan fingerprint density at radius 3 is 2.80 bits per heavy atom. The van der Waals surface area contributed by atoms with Gasteiger partial charge in [0.1, 0.15) is 5.82 Å². The van der Waals surface area contributed by atoms with Gasteiger partial charge in [0.25, 0.3) is 0 Å². The van der Waals surface area contributed by atoms with Gasteiger partial charge in [0.2, 0.25) is 5.28 Å². The molecule has 84 valence electrons. The third-order valence-electron chi connectivity index (χ3n) is 2.41. The van der Waals surface area contributed by atoms with Crippen LogP contribution in [0, 0.1) is 6.92 Å². The van der Waals surface area contributed by atoms with Crippen molar-refractivity contribution in [3.05, 3.63) is 17.0 Å². The molecule has 0 aromatic carbocycles. The number of aryl methyl sites for hydroxylation is 1. The summed E-state index contributed by atoms with van der Waals surface area (Å²) in [5, 5.41) is 3.70. The van der Waals surface area contributed by atoms with Crippen LogP contribution in [0.2, 0.25) is 5.28 Å². The molecule has 0 aliphatic carbocycles. The molecule has 1 aromatic rings. The molecule has 0 aliphatic heterocycles. The van der Waals surface area contributed by atoms with Crippen molar-refractivity contribution in [2.75, 3.05) is 5.32 Å². The van der Waals surface area contributed by atoms with E-state index in [0.717, 1.165) is 24.2 Å². The second-order valence-corrected chi connectivity index (χ2v) is 4.05. The van der Waals surface area contributed by atoms with Crippen LogP contribution in [-0.4, -0.2) is 16.0 Å². The molecule has 3 nitrogen and oxygen atoms in total. The van der Waals surface area contributed by atoms with Gasteiger partial charge in [-0.2, -0.15) is 0 Å². The van der Waals surface area contributed by atoms with Crippen molar-refractivity contribution in [3.8, 4) is 0 Å². The van der Waals surface area contributed by atoms with Crippen LogP contribution < -0.4 is 5.32 Å². The van der Waals surface area contributed by atoms with Crippen LogP contribution in [0.3, 0.4) is 0 Å². The number of hydrogen-bond donors (Lipinski definition) is 1. The number of aromatic nitrogens is 2. The minimum atomic E-state index is 0.300. The van der Waals surface area contributed by atoms with Crippen LogP contribution in [0.25, 0.3) is 0 Å². The summed E-state index contributed by atoms with van der Waals surface area (Å²) in [6.07, 6.45) is 5.16. The maximum absolute atomic E-state index is 5.76. The molecule has 0 radical (unpaired) electrons. The molecule has 1 atom stereocenters. The van der Waals surface area contributed by atoms with Gasteiger partial charge in [-0.1, -0.05) is 20.3 Å². The second-order valence-electron chi connectivity index (χ2n) is 3.71. The first-order chi connectivity index (χ1) is 7.17. The van der Waals surface area contributed by atoms with Gasteiger partial charge < -0.3 is 5.32 Å². The molecule has 0 spiro atoms. The number of nitrogens with one attached hydrogen (secondary N) is 1. The summed E-state index contributed by atoms with van der Waals surface area (Å²) < 4.78 is 0. The van der Waals surface area contributed by atoms with E-state index in [-0.39, 0.29) is 0 Å². The van der Waals surface area contributed by atoms with Crippen LogP contribution in [0.4, 0.5) is 5.82 Å². The zero-order valence-corrected chi connectivity index (χ0v) is 10.3. The Balaban J connectivity index is 2.73. The number of rotatable bonds is 5. The first-order valence-corrected chi connectivity index (χ1v) is 5.80. The average Bonchev–Trinajstić information content (AvgIpc) is 2.22. The molecule has 15 heavy (non-hydrogen) atoms. The molecule has 1 aromatic heterocycles. The summed E-state index contributed by atoms with van der Waals surface area (Å²) in [5.74, 6) is 0.857. The minimum Gasteiger partial charge on any atom is -0.367 e. The standard InChI is InChI=1S/C11H18ClN3/c1-4-6-9(5-2)14-10-8(3)7-13-11(12)15-10/h7,9H,4-6H2,1-3H3,(H,13,14,15). The van der Waals surface area contributed by atoms with E-state index in [1.54, 1.807) is 6.20 Å². The third-order valence-corrected chi connectivity index (χ3v) is 2.60. The summed E-state index contributed by atoms with van der Waals surface area (Å²) in [6.45, 7) is 6.34. The molecule has 0 amide bonds. The van der Waals surface area contributed by atoms with E-state index in [4.69, 9.17) is 11.6 Å². The summed E-state index contributed by atoms with van der Waals surface area (Å²) in [7, 11) is 0. The Morgan fingerprint density at radius 1 is 1.47 bits per heavy atom. The normalized spacial score (nSPS) is 12.5. The monoisotopic (exact) mass is 227 g/mol. The van der Waals surface area contributed by atoms with Gasteiger partial charge in [-0.15, -0.1) is 0 Å². The van der Waals surface area contributed by atoms with Gasteiger partial charge in [0.15, 0.2) is 0 Å². The van der Waals surface area contributed by atoms with Gasteiger partial charge in [-0.25, -0.2) is 9.97 Å². The van der Waals surface area contributed by atoms with E-state index in [0.29, 0.717) is 11.3 Å². The van der Waals surface area contributed by atoms with Gasteiger partial charge in [-0.05, 0) is 31.4 Å². The fourth-order valence-corrected chi connectivity index (χ4v) is 1.62. The van der Waals surface area contributed by atoms with Gasteiger partial charge in [0.05, 0.1) is 0 Å². The number of nitrogens with zero attached hydrogens (tertiary/aromatic N) is 2. The topological polar surface area (TPSA) is 37.8 Å². The second kappa shape index (κ2) is 5.91. The van der Waals surface area contributed by atoms with Crippen LogP contribution >= 0.6 is 11.6 Å². The summed E-state index contributed by atoms with van der Waals surface area (Å²) >= 11 is 5.76. The first kappa shape index (κ1) is 12.2. The number of hydrogen-bond acceptors (Lipinski definition) is 3. The molecule has 4 heteroatoms. The predicted octanol–water partition coefficient (Wildman–Crippen LogP) is 3.43. The summed E-state index contributed by atoms with van der Waals surface area (Å²) in [5.41, 5.74) is 1.04. The molecule has 1 N–H and O–H groups in total. The fourth-order valence-electron chi connectivity index (χ4n) is 1.49. The van der Waals surface area contributed by atoms with Gasteiger partial charge in [-0.3, -0.25) is 0 Å². The highest BCUT2D eigenvalue weighted by Crippen LogP contribution is 2.16. The predicted molar refractivity (Wildman–Crippen MR) is 64.4 cm³/mol. The van der Waals surface area contributed by atoms with Gasteiger partial charge >= 0.3 is 0 Å². The minimum absolute atomic E-state index is 0.300. The van der Waals surface area contributed by atoms with E-state index in [9.17, 15) is 0 Å². The van der Waals surface area contributed by atoms with Crippen molar-refractivity contribution >= 4 is 17.4 Å². The Hall–Kier alpha value is -0.830. The van der Waals surface area contributed by atoms with E-state index in [1.807, 2.05) is 6.92 Å². The van der Waals surface area contributed by atoms with Crippen LogP contribution in [0.1, 0.15) is 38.7 Å². The van der Waals surface area contributed by atoms with E-state index < -0.39 is 0 Å². The van der Waals surface area contributed by atoms with Crippen molar-refractivity contribution in [2.24, 2.45) is 0 Å². The lowest BCUT2D eigenvalue weighted by Gasteiger charge is -2.17. The highest BCUT2D eigenvalue weighted by atomic mass is 35.5. The number of halogens is 1. The van der Waals surface area contributed by atoms with Crippen molar-refractivity contribution in [3.63, 3.8) is 0 Å². The quantitative estimate of drug-likeness (QED) is 0.784. The van der Waals surface area contributed by atoms with Crippen molar-refractivity contribution in [1.29, 1.82) is 0 Å². The van der Waals surface area contributed by atoms with E-state index in [2.05, 4.69) is 29.1 Å². The lowest BCUT2D eigenvalue weighted by Crippen LogP contribution is -2.19. The Morgan fingerprint density at radius 2 is 2.20 bits per heavy atom. The first-order valence-electron chi connectivity index (χ1n) is 5.43. The molecular formula is C11H18ClN3. The highest BCUT2D eigenvalue weighted by Gasteiger charge is 2.08. The highest BCUT2D eigenvalue weighted by molar-refractivity contribution is 6.28. The Bertz CT molecular complexity index is 315. The zero-order chi connectivity index (χ0) is 11.3. The molecule has 0 bridgehead atoms. The molecule has 0 saturated carbocycles. The van der Waals surface area contributed by atoms with Crippen LogP contribution in [-0.2, 0) is 0 Å². The third kappa shape index (κ3) is 3.67. The lowest BCUT2D eigenvalue weighted by molar-refractivity contribution is 0.619. The van der Waals surface area contributed by atoms with Crippen molar-refractivity contribution < 1.29 is 0 Å². The molecule has 1 heterocycles. The maximum Gasteiger partial charge on any atom is 0.224 e. The van der Waals surface area contributed by atoms with Gasteiger partial charge in [0, 0.05) is 17.8 Å². The van der Waals surface area contributed by atoms with E-state index in [1.165, 1.54) is 6.42 Å². The van der Waals surface area contributed by atoms with Crippen molar-refractivity contribution in [2.45, 2.75) is 46.1 Å². The van der Waals surface area contributed by atoms with Crippen molar-refractivity contribution in [1.82, 2.24) is 9.97 Å². The van der Waals surface area contributed by atoms with Crippen LogP contribution in [0.15, 0.2) is 6.20 Å². The largest absolute Gasteiger partial charge is 0.367 e. The van der Waals surface area contributed by atoms with Crippen LogP contribution in [0.5, 0.6) is 0 Å². The fraction of sp³-hybridized carbons (Fsp3) is 0.636. The lowest BCUT2D eigenvalue weighted by atomic mass is 10.1.